The molecule has 1 unspecified atom stereocenters. The number of amides is 2. The summed E-state index contributed by atoms with van der Waals surface area (Å²) in [4.78, 5) is 30.7. The van der Waals surface area contributed by atoms with Crippen molar-refractivity contribution in [2.24, 2.45) is 12.0 Å². The van der Waals surface area contributed by atoms with Crippen molar-refractivity contribution < 1.29 is 14.3 Å². The minimum atomic E-state index is -0.565. The molecule has 21 heavy (non-hydrogen) atoms. The molecule has 0 radical (unpaired) electrons. The minimum Gasteiger partial charge on any atom is -0.444 e. The van der Waals surface area contributed by atoms with E-state index in [1.165, 1.54) is 16.2 Å². The second kappa shape index (κ2) is 6.01. The van der Waals surface area contributed by atoms with Crippen LogP contribution in [-0.4, -0.2) is 39.7 Å². The molecule has 2 amide bonds. The Balaban J connectivity index is 2.14. The summed E-state index contributed by atoms with van der Waals surface area (Å²) in [6, 6.07) is -0.512. The van der Waals surface area contributed by atoms with Crippen LogP contribution < -0.4 is 4.80 Å². The molecule has 0 saturated carbocycles. The first-order chi connectivity index (χ1) is 9.78. The highest BCUT2D eigenvalue weighted by atomic mass is 32.1. The van der Waals surface area contributed by atoms with E-state index in [2.05, 4.69) is 4.99 Å². The molecule has 7 heteroatoms. The summed E-state index contributed by atoms with van der Waals surface area (Å²) in [5.41, 5.74) is -0.565. The molecule has 116 valence electrons. The van der Waals surface area contributed by atoms with Crippen LogP contribution in [0.1, 0.15) is 33.6 Å². The van der Waals surface area contributed by atoms with Crippen molar-refractivity contribution in [2.45, 2.75) is 45.3 Å². The van der Waals surface area contributed by atoms with E-state index in [4.69, 9.17) is 4.74 Å². The average molecular weight is 311 g/mol. The Bertz CT molecular complexity index is 597. The molecule has 1 fully saturated rings. The number of aryl methyl sites for hydroxylation is 1. The second-order valence-electron chi connectivity index (χ2n) is 6.08. The summed E-state index contributed by atoms with van der Waals surface area (Å²) in [5.74, 6) is -0.281. The third kappa shape index (κ3) is 3.93. The molecular weight excluding hydrogens is 290 g/mol. The topological polar surface area (TPSA) is 63.9 Å². The summed E-state index contributed by atoms with van der Waals surface area (Å²) < 4.78 is 7.14. The zero-order valence-electron chi connectivity index (χ0n) is 12.8. The molecule has 2 heterocycles. The highest BCUT2D eigenvalue weighted by molar-refractivity contribution is 7.07. The number of rotatable bonds is 1. The quantitative estimate of drug-likeness (QED) is 0.796. The summed E-state index contributed by atoms with van der Waals surface area (Å²) >= 11 is 1.40. The monoisotopic (exact) mass is 311 g/mol. The first kappa shape index (κ1) is 15.8. The molecule has 0 bridgehead atoms. The van der Waals surface area contributed by atoms with Crippen molar-refractivity contribution in [3.63, 3.8) is 0 Å². The maximum Gasteiger partial charge on any atom is 0.410 e. The Hall–Kier alpha value is -1.63. The predicted octanol–water partition coefficient (Wildman–Crippen LogP) is 1.91. The molecule has 1 aliphatic rings. The molecule has 1 atom stereocenters. The van der Waals surface area contributed by atoms with E-state index in [0.29, 0.717) is 17.8 Å². The molecular formula is C14H21N3O3S. The van der Waals surface area contributed by atoms with E-state index < -0.39 is 17.7 Å². The van der Waals surface area contributed by atoms with Crippen molar-refractivity contribution >= 4 is 23.3 Å². The van der Waals surface area contributed by atoms with Gasteiger partial charge in [0.05, 0.1) is 0 Å². The Labute approximate surface area is 128 Å². The fraction of sp³-hybridized carbons (Fsp3) is 0.643. The Kier molecular flexibility index (Phi) is 4.51. The van der Waals surface area contributed by atoms with Gasteiger partial charge in [-0.05, 0) is 33.6 Å². The zero-order valence-corrected chi connectivity index (χ0v) is 13.6. The van der Waals surface area contributed by atoms with Crippen LogP contribution >= 0.6 is 11.3 Å². The predicted molar refractivity (Wildman–Crippen MR) is 79.8 cm³/mol. The molecule has 2 rings (SSSR count). The highest BCUT2D eigenvalue weighted by Gasteiger charge is 2.36. The van der Waals surface area contributed by atoms with Crippen LogP contribution in [-0.2, 0) is 16.6 Å². The average Bonchev–Trinajstić information content (AvgIpc) is 2.96. The van der Waals surface area contributed by atoms with Gasteiger partial charge in [-0.1, -0.05) is 0 Å². The van der Waals surface area contributed by atoms with Gasteiger partial charge < -0.3 is 9.30 Å². The van der Waals surface area contributed by atoms with Gasteiger partial charge in [0.15, 0.2) is 4.80 Å². The first-order valence-electron chi connectivity index (χ1n) is 6.96. The molecule has 6 nitrogen and oxygen atoms in total. The Morgan fingerprint density at radius 1 is 1.43 bits per heavy atom. The zero-order chi connectivity index (χ0) is 15.6. The van der Waals surface area contributed by atoms with Crippen LogP contribution in [0.5, 0.6) is 0 Å². The number of likely N-dealkylation sites (tertiary alicyclic amines) is 1. The molecule has 0 aromatic carbocycles. The SMILES string of the molecule is Cn1ccsc1=NC(=O)C1CCCN1C(=O)OC(C)(C)C. The number of carbonyl (C=O) groups is 2. The Morgan fingerprint density at radius 2 is 2.14 bits per heavy atom. The van der Waals surface area contributed by atoms with E-state index >= 15 is 0 Å². The number of aromatic nitrogens is 1. The first-order valence-corrected chi connectivity index (χ1v) is 7.84. The van der Waals surface area contributed by atoms with E-state index in [0.717, 1.165) is 6.42 Å². The van der Waals surface area contributed by atoms with Gasteiger partial charge in [-0.15, -0.1) is 11.3 Å². The van der Waals surface area contributed by atoms with E-state index in [-0.39, 0.29) is 5.91 Å². The lowest BCUT2D eigenvalue weighted by Crippen LogP contribution is -2.43. The van der Waals surface area contributed by atoms with Crippen molar-refractivity contribution in [2.75, 3.05) is 6.54 Å². The van der Waals surface area contributed by atoms with Gasteiger partial charge in [0.1, 0.15) is 11.6 Å². The third-order valence-electron chi connectivity index (χ3n) is 3.13. The molecule has 0 N–H and O–H groups in total. The molecule has 1 aromatic rings. The number of carbonyl (C=O) groups excluding carboxylic acids is 2. The van der Waals surface area contributed by atoms with Crippen molar-refractivity contribution in [3.05, 3.63) is 16.4 Å². The summed E-state index contributed by atoms with van der Waals surface area (Å²) in [6.07, 6.45) is 2.83. The van der Waals surface area contributed by atoms with Gasteiger partial charge in [0, 0.05) is 25.2 Å². The van der Waals surface area contributed by atoms with Crippen LogP contribution in [0.2, 0.25) is 0 Å². The summed E-state index contributed by atoms with van der Waals surface area (Å²) in [7, 11) is 1.84. The smallest absolute Gasteiger partial charge is 0.410 e. The van der Waals surface area contributed by atoms with Gasteiger partial charge in [-0.2, -0.15) is 4.99 Å². The molecule has 1 aliphatic heterocycles. The van der Waals surface area contributed by atoms with Gasteiger partial charge in [-0.3, -0.25) is 9.69 Å². The van der Waals surface area contributed by atoms with Crippen LogP contribution in [0.25, 0.3) is 0 Å². The van der Waals surface area contributed by atoms with Gasteiger partial charge in [0.2, 0.25) is 0 Å². The lowest BCUT2D eigenvalue weighted by Gasteiger charge is -2.27. The minimum absolute atomic E-state index is 0.281. The fourth-order valence-corrected chi connectivity index (χ4v) is 2.90. The molecule has 1 aromatic heterocycles. The van der Waals surface area contributed by atoms with E-state index in [9.17, 15) is 9.59 Å². The second-order valence-corrected chi connectivity index (χ2v) is 6.95. The molecule has 1 saturated heterocycles. The normalized spacial score (nSPS) is 19.9. The number of hydrogen-bond donors (Lipinski definition) is 0. The van der Waals surface area contributed by atoms with Gasteiger partial charge in [0.25, 0.3) is 5.91 Å². The van der Waals surface area contributed by atoms with Crippen LogP contribution in [0.15, 0.2) is 16.6 Å². The largest absolute Gasteiger partial charge is 0.444 e. The number of ether oxygens (including phenoxy) is 1. The fourth-order valence-electron chi connectivity index (χ4n) is 2.17. The standard InChI is InChI=1S/C14H21N3O3S/c1-14(2,3)20-13(19)17-7-5-6-10(17)11(18)15-12-16(4)8-9-21-12/h8-10H,5-7H2,1-4H3. The number of thiazole rings is 1. The lowest BCUT2D eigenvalue weighted by atomic mass is 10.2. The molecule has 0 aliphatic carbocycles. The van der Waals surface area contributed by atoms with Crippen LogP contribution in [0.4, 0.5) is 4.79 Å². The van der Waals surface area contributed by atoms with Crippen LogP contribution in [0, 0.1) is 0 Å². The van der Waals surface area contributed by atoms with E-state index in [1.807, 2.05) is 39.4 Å². The number of nitrogens with zero attached hydrogens (tertiary/aromatic N) is 3. The maximum absolute atomic E-state index is 12.3. The Morgan fingerprint density at radius 3 is 2.71 bits per heavy atom. The van der Waals surface area contributed by atoms with E-state index in [1.54, 1.807) is 4.57 Å². The van der Waals surface area contributed by atoms with Crippen molar-refractivity contribution in [1.29, 1.82) is 0 Å². The highest BCUT2D eigenvalue weighted by Crippen LogP contribution is 2.21. The van der Waals surface area contributed by atoms with Crippen molar-refractivity contribution in [1.82, 2.24) is 9.47 Å². The van der Waals surface area contributed by atoms with Gasteiger partial charge in [-0.25, -0.2) is 4.79 Å². The molecule has 0 spiro atoms. The van der Waals surface area contributed by atoms with Gasteiger partial charge >= 0.3 is 6.09 Å². The summed E-state index contributed by atoms with van der Waals surface area (Å²) in [5, 5.41) is 1.87. The maximum atomic E-state index is 12.3. The lowest BCUT2D eigenvalue weighted by molar-refractivity contribution is -0.122. The summed E-state index contributed by atoms with van der Waals surface area (Å²) in [6.45, 7) is 5.98. The van der Waals surface area contributed by atoms with Crippen LogP contribution in [0.3, 0.4) is 0 Å². The third-order valence-corrected chi connectivity index (χ3v) is 3.98. The number of hydrogen-bond acceptors (Lipinski definition) is 4. The van der Waals surface area contributed by atoms with Crippen molar-refractivity contribution in [3.8, 4) is 0 Å².